The number of benzene rings is 1. The monoisotopic (exact) mass is 289 g/mol. The zero-order valence-corrected chi connectivity index (χ0v) is 13.0. The molecular weight excluding hydrogens is 270 g/mol. The number of halogens is 1. The van der Waals surface area contributed by atoms with Gasteiger partial charge in [0.2, 0.25) is 0 Å². The van der Waals surface area contributed by atoms with Crippen molar-refractivity contribution in [3.8, 4) is 0 Å². The van der Waals surface area contributed by atoms with Crippen molar-refractivity contribution in [1.82, 2.24) is 14.5 Å². The van der Waals surface area contributed by atoms with Crippen LogP contribution in [-0.2, 0) is 13.1 Å². The van der Waals surface area contributed by atoms with Gasteiger partial charge in [0, 0.05) is 36.3 Å². The van der Waals surface area contributed by atoms with E-state index in [4.69, 9.17) is 11.6 Å². The maximum atomic E-state index is 6.43. The van der Waals surface area contributed by atoms with Crippen LogP contribution in [0.25, 0.3) is 11.0 Å². The summed E-state index contributed by atoms with van der Waals surface area (Å²) in [7, 11) is 0. The Morgan fingerprint density at radius 2 is 2.25 bits per heavy atom. The Morgan fingerprint density at radius 3 is 3.00 bits per heavy atom. The van der Waals surface area contributed by atoms with Crippen LogP contribution >= 0.6 is 11.6 Å². The van der Waals surface area contributed by atoms with E-state index in [0.29, 0.717) is 6.04 Å². The van der Waals surface area contributed by atoms with E-state index in [0.717, 1.165) is 30.2 Å². The van der Waals surface area contributed by atoms with E-state index in [1.165, 1.54) is 16.7 Å². The Kier molecular flexibility index (Phi) is 3.57. The van der Waals surface area contributed by atoms with Gasteiger partial charge in [0.1, 0.15) is 0 Å². The Bertz CT molecular complexity index is 668. The third-order valence-corrected chi connectivity index (χ3v) is 4.36. The third-order valence-electron chi connectivity index (χ3n) is 4.01. The highest BCUT2D eigenvalue weighted by Crippen LogP contribution is 2.30. The predicted molar refractivity (Wildman–Crippen MR) is 84.0 cm³/mol. The number of rotatable bonds is 2. The van der Waals surface area contributed by atoms with Crippen LogP contribution in [0.2, 0.25) is 5.02 Å². The van der Waals surface area contributed by atoms with Crippen molar-refractivity contribution in [2.45, 2.75) is 39.9 Å². The second-order valence-electron chi connectivity index (χ2n) is 5.85. The van der Waals surface area contributed by atoms with Crippen molar-refractivity contribution in [3.05, 3.63) is 40.7 Å². The van der Waals surface area contributed by atoms with Gasteiger partial charge in [-0.05, 0) is 32.9 Å². The number of allylic oxidation sites excluding steroid dienone is 1. The lowest BCUT2D eigenvalue weighted by molar-refractivity contribution is 0.211. The average molecular weight is 290 g/mol. The maximum absolute atomic E-state index is 6.43. The topological polar surface area (TPSA) is 21.1 Å². The summed E-state index contributed by atoms with van der Waals surface area (Å²) < 4.78 is 2.24. The van der Waals surface area contributed by atoms with Crippen LogP contribution in [-0.4, -0.2) is 27.0 Å². The van der Waals surface area contributed by atoms with Gasteiger partial charge >= 0.3 is 0 Å². The van der Waals surface area contributed by atoms with Gasteiger partial charge in [-0.15, -0.1) is 0 Å². The number of aromatic nitrogens is 2. The van der Waals surface area contributed by atoms with Gasteiger partial charge < -0.3 is 4.57 Å². The molecule has 0 saturated heterocycles. The second kappa shape index (κ2) is 5.23. The summed E-state index contributed by atoms with van der Waals surface area (Å²) in [5.74, 6) is 0. The molecular formula is C16H20ClN3. The molecule has 2 heterocycles. The smallest absolute Gasteiger partial charge is 0.0958 e. The lowest BCUT2D eigenvalue weighted by atomic mass is 10.1. The SMILES string of the molecule is CC(C)=CCN1Cc2c(Cl)ccc3ncn(c23)C[C@@H]1C. The summed E-state index contributed by atoms with van der Waals surface area (Å²) in [5.41, 5.74) is 4.80. The molecule has 4 heteroatoms. The number of hydrogen-bond acceptors (Lipinski definition) is 2. The fourth-order valence-electron chi connectivity index (χ4n) is 2.81. The lowest BCUT2D eigenvalue weighted by Crippen LogP contribution is -2.34. The molecule has 1 aromatic heterocycles. The first-order valence-electron chi connectivity index (χ1n) is 7.06. The van der Waals surface area contributed by atoms with E-state index in [9.17, 15) is 0 Å². The first kappa shape index (κ1) is 13.7. The zero-order valence-electron chi connectivity index (χ0n) is 12.2. The maximum Gasteiger partial charge on any atom is 0.0958 e. The van der Waals surface area contributed by atoms with Crippen molar-refractivity contribution in [2.75, 3.05) is 6.54 Å². The molecule has 0 bridgehead atoms. The fraction of sp³-hybridized carbons (Fsp3) is 0.438. The normalized spacial score (nSPS) is 19.1. The van der Waals surface area contributed by atoms with E-state index in [1.54, 1.807) is 0 Å². The summed E-state index contributed by atoms with van der Waals surface area (Å²) in [5, 5.41) is 0.843. The van der Waals surface area contributed by atoms with Crippen LogP contribution in [0.15, 0.2) is 30.1 Å². The Morgan fingerprint density at radius 1 is 1.45 bits per heavy atom. The van der Waals surface area contributed by atoms with Gasteiger partial charge in [-0.25, -0.2) is 4.98 Å². The van der Waals surface area contributed by atoms with Crippen LogP contribution < -0.4 is 0 Å². The molecule has 3 rings (SSSR count). The van der Waals surface area contributed by atoms with Gasteiger partial charge in [-0.3, -0.25) is 4.90 Å². The molecule has 1 aliphatic heterocycles. The summed E-state index contributed by atoms with van der Waals surface area (Å²) in [4.78, 5) is 6.95. The molecule has 0 fully saturated rings. The molecule has 1 aliphatic rings. The minimum Gasteiger partial charge on any atom is -0.329 e. The average Bonchev–Trinajstić information content (AvgIpc) is 2.73. The second-order valence-corrected chi connectivity index (χ2v) is 6.26. The Hall–Kier alpha value is -1.32. The van der Waals surface area contributed by atoms with E-state index in [-0.39, 0.29) is 0 Å². The van der Waals surface area contributed by atoms with Gasteiger partial charge in [0.05, 0.1) is 17.4 Å². The highest BCUT2D eigenvalue weighted by molar-refractivity contribution is 6.32. The van der Waals surface area contributed by atoms with Crippen molar-refractivity contribution in [1.29, 1.82) is 0 Å². The van der Waals surface area contributed by atoms with Crippen molar-refractivity contribution in [3.63, 3.8) is 0 Å². The molecule has 1 atom stereocenters. The van der Waals surface area contributed by atoms with Crippen LogP contribution in [0.1, 0.15) is 26.3 Å². The highest BCUT2D eigenvalue weighted by atomic mass is 35.5. The highest BCUT2D eigenvalue weighted by Gasteiger charge is 2.23. The first-order valence-corrected chi connectivity index (χ1v) is 7.43. The zero-order chi connectivity index (χ0) is 14.3. The predicted octanol–water partition coefficient (Wildman–Crippen LogP) is 3.86. The van der Waals surface area contributed by atoms with Gasteiger partial charge in [-0.2, -0.15) is 0 Å². The molecule has 106 valence electrons. The minimum atomic E-state index is 0.464. The van der Waals surface area contributed by atoms with Gasteiger partial charge in [-0.1, -0.05) is 23.3 Å². The standard InChI is InChI=1S/C16H20ClN3/c1-11(2)6-7-19-9-13-14(17)4-5-15-16(13)20(10-18-15)8-12(19)3/h4-6,10,12H,7-9H2,1-3H3/t12-/m0/s1. The molecule has 0 spiro atoms. The number of hydrogen-bond donors (Lipinski definition) is 0. The number of imidazole rings is 1. The van der Waals surface area contributed by atoms with E-state index in [1.807, 2.05) is 18.5 Å². The lowest BCUT2D eigenvalue weighted by Gasteiger charge is -2.26. The van der Waals surface area contributed by atoms with Gasteiger partial charge in [0.15, 0.2) is 0 Å². The summed E-state index contributed by atoms with van der Waals surface area (Å²) in [6.07, 6.45) is 4.22. The molecule has 0 N–H and O–H groups in total. The van der Waals surface area contributed by atoms with E-state index < -0.39 is 0 Å². The molecule has 0 saturated carbocycles. The quantitative estimate of drug-likeness (QED) is 0.783. The number of nitrogens with zero attached hydrogens (tertiary/aromatic N) is 3. The van der Waals surface area contributed by atoms with Crippen molar-refractivity contribution < 1.29 is 0 Å². The summed E-state index contributed by atoms with van der Waals surface area (Å²) in [6.45, 7) is 9.36. The third kappa shape index (κ3) is 2.36. The van der Waals surface area contributed by atoms with E-state index in [2.05, 4.69) is 41.3 Å². The molecule has 0 aliphatic carbocycles. The largest absolute Gasteiger partial charge is 0.329 e. The van der Waals surface area contributed by atoms with Gasteiger partial charge in [0.25, 0.3) is 0 Å². The molecule has 0 amide bonds. The van der Waals surface area contributed by atoms with Crippen molar-refractivity contribution >= 4 is 22.6 Å². The molecule has 0 radical (unpaired) electrons. The molecule has 20 heavy (non-hydrogen) atoms. The molecule has 3 nitrogen and oxygen atoms in total. The van der Waals surface area contributed by atoms with Crippen LogP contribution in [0.5, 0.6) is 0 Å². The first-order chi connectivity index (χ1) is 9.56. The molecule has 2 aromatic rings. The van der Waals surface area contributed by atoms with Crippen molar-refractivity contribution in [2.24, 2.45) is 0 Å². The summed E-state index contributed by atoms with van der Waals surface area (Å²) >= 11 is 6.43. The van der Waals surface area contributed by atoms with Crippen LogP contribution in [0, 0.1) is 0 Å². The molecule has 1 aromatic carbocycles. The summed E-state index contributed by atoms with van der Waals surface area (Å²) in [6, 6.07) is 4.44. The van der Waals surface area contributed by atoms with Crippen LogP contribution in [0.4, 0.5) is 0 Å². The van der Waals surface area contributed by atoms with E-state index >= 15 is 0 Å². The Balaban J connectivity index is 2.04. The Labute approximate surface area is 124 Å². The van der Waals surface area contributed by atoms with Crippen LogP contribution in [0.3, 0.4) is 0 Å². The fourth-order valence-corrected chi connectivity index (χ4v) is 3.02. The molecule has 0 unspecified atom stereocenters. The minimum absolute atomic E-state index is 0.464.